The van der Waals surface area contributed by atoms with Crippen molar-refractivity contribution in [2.24, 2.45) is 0 Å². The lowest BCUT2D eigenvalue weighted by Gasteiger charge is -2.14. The summed E-state index contributed by atoms with van der Waals surface area (Å²) in [5.41, 5.74) is -3.29. The number of halogens is 6. The van der Waals surface area contributed by atoms with Crippen molar-refractivity contribution >= 4 is 11.6 Å². The Bertz CT molecular complexity index is 464. The van der Waals surface area contributed by atoms with Gasteiger partial charge in [-0.2, -0.15) is 18.4 Å². The fraction of sp³-hybridized carbons (Fsp3) is 0.333. The summed E-state index contributed by atoms with van der Waals surface area (Å²) in [4.78, 5) is 3.13. The first kappa shape index (κ1) is 13.6. The van der Waals surface area contributed by atoms with Crippen LogP contribution in [0.25, 0.3) is 0 Å². The van der Waals surface area contributed by atoms with Crippen molar-refractivity contribution in [3.63, 3.8) is 0 Å². The summed E-state index contributed by atoms with van der Waals surface area (Å²) in [6, 6.07) is 1.83. The van der Waals surface area contributed by atoms with Crippen LogP contribution in [-0.2, 0) is 12.6 Å². The molecule has 1 aromatic rings. The van der Waals surface area contributed by atoms with Crippen molar-refractivity contribution in [1.82, 2.24) is 4.98 Å². The molecule has 92 valence electrons. The summed E-state index contributed by atoms with van der Waals surface area (Å²) in [6.07, 6.45) is -8.89. The average molecular weight is 271 g/mol. The van der Waals surface area contributed by atoms with Crippen molar-refractivity contribution in [1.29, 1.82) is 5.26 Å². The van der Waals surface area contributed by atoms with Gasteiger partial charge in [-0.05, 0) is 6.07 Å². The minimum atomic E-state index is -4.86. The molecular weight excluding hydrogens is 267 g/mol. The van der Waals surface area contributed by atoms with Gasteiger partial charge in [0.05, 0.1) is 18.1 Å². The van der Waals surface area contributed by atoms with Gasteiger partial charge in [0, 0.05) is 5.56 Å². The fourth-order valence-electron chi connectivity index (χ4n) is 1.26. The van der Waals surface area contributed by atoms with Gasteiger partial charge >= 0.3 is 6.18 Å². The molecule has 0 aliphatic heterocycles. The first-order valence-electron chi connectivity index (χ1n) is 4.19. The predicted molar refractivity (Wildman–Crippen MR) is 48.5 cm³/mol. The van der Waals surface area contributed by atoms with E-state index >= 15 is 0 Å². The molecule has 1 aromatic heterocycles. The molecule has 0 aromatic carbocycles. The Morgan fingerprint density at radius 2 is 2.00 bits per heavy atom. The van der Waals surface area contributed by atoms with E-state index in [1.807, 2.05) is 0 Å². The van der Waals surface area contributed by atoms with E-state index in [-0.39, 0.29) is 0 Å². The summed E-state index contributed by atoms with van der Waals surface area (Å²) in [5, 5.41) is 7.68. The molecule has 0 saturated heterocycles. The lowest BCUT2D eigenvalue weighted by molar-refractivity contribution is -0.138. The van der Waals surface area contributed by atoms with Crippen LogP contribution in [0.5, 0.6) is 0 Å². The first-order valence-corrected chi connectivity index (χ1v) is 4.56. The molecule has 0 spiro atoms. The van der Waals surface area contributed by atoms with Gasteiger partial charge in [-0.15, -0.1) is 0 Å². The van der Waals surface area contributed by atoms with Gasteiger partial charge in [0.2, 0.25) is 0 Å². The number of alkyl halides is 5. The van der Waals surface area contributed by atoms with Gasteiger partial charge in [0.1, 0.15) is 10.8 Å². The normalized spacial score (nSPS) is 11.6. The van der Waals surface area contributed by atoms with Crippen LogP contribution in [0, 0.1) is 11.3 Å². The Hall–Kier alpha value is -1.42. The van der Waals surface area contributed by atoms with E-state index in [9.17, 15) is 22.0 Å². The first-order chi connectivity index (χ1) is 7.77. The van der Waals surface area contributed by atoms with Crippen LogP contribution in [0.3, 0.4) is 0 Å². The lowest BCUT2D eigenvalue weighted by atomic mass is 10.0. The molecule has 0 fully saturated rings. The quantitative estimate of drug-likeness (QED) is 0.606. The van der Waals surface area contributed by atoms with E-state index in [2.05, 4.69) is 4.98 Å². The van der Waals surface area contributed by atoms with E-state index < -0.39 is 41.0 Å². The second-order valence-corrected chi connectivity index (χ2v) is 3.38. The zero-order valence-corrected chi connectivity index (χ0v) is 8.78. The van der Waals surface area contributed by atoms with E-state index in [1.54, 1.807) is 0 Å². The van der Waals surface area contributed by atoms with E-state index in [1.165, 1.54) is 6.07 Å². The van der Waals surface area contributed by atoms with Crippen LogP contribution in [-0.4, -0.2) is 4.98 Å². The average Bonchev–Trinajstić information content (AvgIpc) is 2.18. The molecule has 0 unspecified atom stereocenters. The zero-order valence-electron chi connectivity index (χ0n) is 8.02. The van der Waals surface area contributed by atoms with E-state index in [0.29, 0.717) is 6.07 Å². The highest BCUT2D eigenvalue weighted by Crippen LogP contribution is 2.37. The minimum absolute atomic E-state index is 0.431. The molecule has 17 heavy (non-hydrogen) atoms. The van der Waals surface area contributed by atoms with Crippen molar-refractivity contribution < 1.29 is 22.0 Å². The number of pyridine rings is 1. The second kappa shape index (κ2) is 4.84. The maximum Gasteiger partial charge on any atom is 0.416 e. The number of hydrogen-bond donors (Lipinski definition) is 0. The maximum atomic E-state index is 12.6. The third-order valence-electron chi connectivity index (χ3n) is 1.89. The van der Waals surface area contributed by atoms with Crippen molar-refractivity contribution in [3.05, 3.63) is 28.0 Å². The topological polar surface area (TPSA) is 36.7 Å². The molecular formula is C9H4ClF5N2. The standard InChI is InChI=1S/C9H4ClF5N2/c10-6-3-5(9(13,14)15)4(1-2-16)7(17-6)8(11)12/h3,8H,1H2. The summed E-state index contributed by atoms with van der Waals surface area (Å²) < 4.78 is 62.7. The van der Waals surface area contributed by atoms with Crippen molar-refractivity contribution in [2.75, 3.05) is 0 Å². The summed E-state index contributed by atoms with van der Waals surface area (Å²) in [7, 11) is 0. The molecule has 0 aliphatic carbocycles. The number of rotatable bonds is 2. The Kier molecular flexibility index (Phi) is 3.88. The molecule has 0 atom stereocenters. The number of nitrogens with zero attached hydrogens (tertiary/aromatic N) is 2. The van der Waals surface area contributed by atoms with Gasteiger partial charge in [0.25, 0.3) is 6.43 Å². The Balaban J connectivity index is 3.53. The molecule has 1 rings (SSSR count). The second-order valence-electron chi connectivity index (χ2n) is 2.99. The highest BCUT2D eigenvalue weighted by atomic mass is 35.5. The smallest absolute Gasteiger partial charge is 0.235 e. The Morgan fingerprint density at radius 1 is 1.41 bits per heavy atom. The van der Waals surface area contributed by atoms with Gasteiger partial charge < -0.3 is 0 Å². The van der Waals surface area contributed by atoms with E-state index in [4.69, 9.17) is 16.9 Å². The maximum absolute atomic E-state index is 12.6. The van der Waals surface area contributed by atoms with Crippen LogP contribution in [0.2, 0.25) is 5.15 Å². The minimum Gasteiger partial charge on any atom is -0.235 e. The molecule has 0 aliphatic rings. The van der Waals surface area contributed by atoms with Gasteiger partial charge in [0.15, 0.2) is 0 Å². The molecule has 0 radical (unpaired) electrons. The molecule has 1 heterocycles. The molecule has 0 bridgehead atoms. The molecule has 2 nitrogen and oxygen atoms in total. The number of nitriles is 1. The number of hydrogen-bond acceptors (Lipinski definition) is 2. The molecule has 0 saturated carbocycles. The fourth-order valence-corrected chi connectivity index (χ4v) is 1.46. The highest BCUT2D eigenvalue weighted by molar-refractivity contribution is 6.29. The zero-order chi connectivity index (χ0) is 13.2. The highest BCUT2D eigenvalue weighted by Gasteiger charge is 2.36. The van der Waals surface area contributed by atoms with Gasteiger partial charge in [-0.1, -0.05) is 11.6 Å². The molecule has 0 N–H and O–H groups in total. The third kappa shape index (κ3) is 3.03. The van der Waals surface area contributed by atoms with Crippen LogP contribution in [0.15, 0.2) is 6.07 Å². The number of aromatic nitrogens is 1. The van der Waals surface area contributed by atoms with Crippen LogP contribution < -0.4 is 0 Å². The van der Waals surface area contributed by atoms with E-state index in [0.717, 1.165) is 0 Å². The van der Waals surface area contributed by atoms with Crippen molar-refractivity contribution in [3.8, 4) is 6.07 Å². The van der Waals surface area contributed by atoms with Crippen LogP contribution >= 0.6 is 11.6 Å². The SMILES string of the molecule is N#CCc1c(C(F)(F)F)cc(Cl)nc1C(F)F. The summed E-state index contributed by atoms with van der Waals surface area (Å²) >= 11 is 5.24. The largest absolute Gasteiger partial charge is 0.416 e. The van der Waals surface area contributed by atoms with Crippen molar-refractivity contribution in [2.45, 2.75) is 19.0 Å². The van der Waals surface area contributed by atoms with Gasteiger partial charge in [-0.25, -0.2) is 13.8 Å². The third-order valence-corrected chi connectivity index (χ3v) is 2.09. The predicted octanol–water partition coefficient (Wildman–Crippen LogP) is 3.76. The van der Waals surface area contributed by atoms with Crippen LogP contribution in [0.4, 0.5) is 22.0 Å². The Labute approximate surface area is 97.6 Å². The molecule has 0 amide bonds. The Morgan fingerprint density at radius 3 is 2.41 bits per heavy atom. The monoisotopic (exact) mass is 270 g/mol. The van der Waals surface area contributed by atoms with Gasteiger partial charge in [-0.3, -0.25) is 0 Å². The summed E-state index contributed by atoms with van der Waals surface area (Å²) in [5.74, 6) is 0. The molecule has 8 heteroatoms. The lowest BCUT2D eigenvalue weighted by Crippen LogP contribution is -2.13. The van der Waals surface area contributed by atoms with Crippen LogP contribution in [0.1, 0.15) is 23.2 Å². The summed E-state index contributed by atoms with van der Waals surface area (Å²) in [6.45, 7) is 0.